The topological polar surface area (TPSA) is 113 Å². The van der Waals surface area contributed by atoms with E-state index in [0.717, 1.165) is 17.1 Å². The molecule has 0 spiro atoms. The lowest BCUT2D eigenvalue weighted by Gasteiger charge is -2.29. The number of carbonyl (C=O) groups is 2. The van der Waals surface area contributed by atoms with Crippen molar-refractivity contribution in [1.82, 2.24) is 10.0 Å². The first-order chi connectivity index (χ1) is 16.8. The number of sulfonamides is 1. The van der Waals surface area contributed by atoms with Gasteiger partial charge in [-0.3, -0.25) is 4.79 Å². The molecule has 0 bridgehead atoms. The molecule has 0 heterocycles. The van der Waals surface area contributed by atoms with Crippen LogP contribution in [0, 0.1) is 5.92 Å². The van der Waals surface area contributed by atoms with Gasteiger partial charge in [-0.25, -0.2) is 8.42 Å². The maximum absolute atomic E-state index is 13.4. The van der Waals surface area contributed by atoms with Crippen LogP contribution in [0.2, 0.25) is 0 Å². The third-order valence-electron chi connectivity index (χ3n) is 6.34. The first kappa shape index (κ1) is 26.5. The molecule has 8 heteroatoms. The third-order valence-corrected chi connectivity index (χ3v) is 7.78. The molecule has 0 aliphatic carbocycles. The predicted molar refractivity (Wildman–Crippen MR) is 136 cm³/mol. The third kappa shape index (κ3) is 6.54. The van der Waals surface area contributed by atoms with Crippen LogP contribution in [0.5, 0.6) is 0 Å². The van der Waals surface area contributed by atoms with Gasteiger partial charge in [-0.05, 0) is 40.8 Å². The van der Waals surface area contributed by atoms with E-state index < -0.39 is 33.9 Å². The molecule has 3 aromatic rings. The molecule has 3 rings (SSSR count). The Morgan fingerprint density at radius 3 is 2.29 bits per heavy atom. The highest BCUT2D eigenvalue weighted by atomic mass is 32.2. The van der Waals surface area contributed by atoms with E-state index >= 15 is 0 Å². The second-order valence-electron chi connectivity index (χ2n) is 8.69. The van der Waals surface area contributed by atoms with Gasteiger partial charge in [0.05, 0.1) is 10.8 Å². The second-order valence-corrected chi connectivity index (χ2v) is 10.4. The number of nitrogens with one attached hydrogen (secondary N) is 2. The van der Waals surface area contributed by atoms with Gasteiger partial charge in [0.1, 0.15) is 12.3 Å². The number of aliphatic hydroxyl groups is 1. The summed E-state index contributed by atoms with van der Waals surface area (Å²) >= 11 is 0. The van der Waals surface area contributed by atoms with E-state index in [1.807, 2.05) is 37.3 Å². The number of carbonyl (C=O) groups excluding carboxylic acids is 2. The molecule has 0 aliphatic rings. The molecule has 0 saturated carbocycles. The minimum absolute atomic E-state index is 0.0688. The van der Waals surface area contributed by atoms with Gasteiger partial charge in [0, 0.05) is 12.6 Å². The monoisotopic (exact) mass is 496 g/mol. The van der Waals surface area contributed by atoms with Crippen molar-refractivity contribution in [3.63, 3.8) is 0 Å². The number of aliphatic hydroxyl groups excluding tert-OH is 1. The molecule has 3 N–H and O–H groups in total. The van der Waals surface area contributed by atoms with Crippen LogP contribution >= 0.6 is 0 Å². The molecular weight excluding hydrogens is 464 g/mol. The zero-order chi connectivity index (χ0) is 25.4. The van der Waals surface area contributed by atoms with E-state index in [4.69, 9.17) is 0 Å². The number of fused-ring (bicyclic) bond motifs is 1. The Kier molecular flexibility index (Phi) is 9.14. The lowest BCUT2D eigenvalue weighted by atomic mass is 9.90. The Morgan fingerprint density at radius 1 is 1.00 bits per heavy atom. The number of hydrogen-bond donors (Lipinski definition) is 3. The van der Waals surface area contributed by atoms with Crippen molar-refractivity contribution in [3.05, 3.63) is 78.4 Å². The number of benzene rings is 3. The molecule has 4 unspecified atom stereocenters. The number of amides is 1. The van der Waals surface area contributed by atoms with E-state index in [2.05, 4.69) is 10.0 Å². The van der Waals surface area contributed by atoms with E-state index in [1.54, 1.807) is 43.3 Å². The number of aldehydes is 1. The highest BCUT2D eigenvalue weighted by molar-refractivity contribution is 7.89. The fourth-order valence-electron chi connectivity index (χ4n) is 4.07. The molecule has 4 atom stereocenters. The van der Waals surface area contributed by atoms with Gasteiger partial charge in [-0.2, -0.15) is 4.72 Å². The van der Waals surface area contributed by atoms with Crippen LogP contribution in [0.1, 0.15) is 38.2 Å². The van der Waals surface area contributed by atoms with Gasteiger partial charge in [-0.1, -0.05) is 80.9 Å². The minimum atomic E-state index is -4.01. The van der Waals surface area contributed by atoms with Crippen LogP contribution in [0.3, 0.4) is 0 Å². The molecule has 0 aromatic heterocycles. The highest BCUT2D eigenvalue weighted by Gasteiger charge is 2.33. The molecule has 3 aromatic carbocycles. The molecule has 1 amide bonds. The molecule has 7 nitrogen and oxygen atoms in total. The lowest BCUT2D eigenvalue weighted by Crippen LogP contribution is -2.53. The summed E-state index contributed by atoms with van der Waals surface area (Å²) in [6, 6.07) is 19.5. The van der Waals surface area contributed by atoms with Crippen molar-refractivity contribution in [2.75, 3.05) is 6.61 Å². The summed E-state index contributed by atoms with van der Waals surface area (Å²) in [4.78, 5) is 25.4. The summed E-state index contributed by atoms with van der Waals surface area (Å²) in [6.07, 6.45) is 1.45. The molecule has 35 heavy (non-hydrogen) atoms. The van der Waals surface area contributed by atoms with Gasteiger partial charge in [0.15, 0.2) is 0 Å². The van der Waals surface area contributed by atoms with Gasteiger partial charge >= 0.3 is 0 Å². The van der Waals surface area contributed by atoms with Crippen molar-refractivity contribution in [3.8, 4) is 0 Å². The highest BCUT2D eigenvalue weighted by Crippen LogP contribution is 2.22. The standard InChI is InChI=1S/C27H32N2O5S/c1-3-19(2)26(29-35(33,34)23-14-13-20-9-7-8-12-22(20)17-23)27(32)28-25(15-16-30)24(18-31)21-10-5-4-6-11-21/h4-14,17-19,24-26,29-30H,3,15-16H2,1-2H3,(H,28,32). The van der Waals surface area contributed by atoms with Crippen molar-refractivity contribution in [2.24, 2.45) is 5.92 Å². The lowest BCUT2D eigenvalue weighted by molar-refractivity contribution is -0.125. The Balaban J connectivity index is 1.86. The van der Waals surface area contributed by atoms with Crippen molar-refractivity contribution < 1.29 is 23.1 Å². The molecule has 0 fully saturated rings. The molecular formula is C27H32N2O5S. The second kappa shape index (κ2) is 12.1. The quantitative estimate of drug-likeness (QED) is 0.333. The fraction of sp³-hybridized carbons (Fsp3) is 0.333. The Labute approximate surface area is 206 Å². The Hall–Kier alpha value is -3.07. The number of hydrogen-bond acceptors (Lipinski definition) is 5. The summed E-state index contributed by atoms with van der Waals surface area (Å²) in [6.45, 7) is 3.43. The van der Waals surface area contributed by atoms with Gasteiger partial charge in [-0.15, -0.1) is 0 Å². The van der Waals surface area contributed by atoms with Crippen molar-refractivity contribution >= 4 is 33.0 Å². The molecule has 186 valence electrons. The van der Waals surface area contributed by atoms with E-state index in [-0.39, 0.29) is 23.8 Å². The summed E-state index contributed by atoms with van der Waals surface area (Å²) < 4.78 is 29.1. The van der Waals surface area contributed by atoms with E-state index in [0.29, 0.717) is 12.0 Å². The van der Waals surface area contributed by atoms with Gasteiger partial charge in [0.25, 0.3) is 0 Å². The number of rotatable bonds is 12. The van der Waals surface area contributed by atoms with Gasteiger partial charge in [0.2, 0.25) is 15.9 Å². The Bertz CT molecular complexity index is 1250. The average Bonchev–Trinajstić information content (AvgIpc) is 2.87. The van der Waals surface area contributed by atoms with Gasteiger partial charge < -0.3 is 15.2 Å². The SMILES string of the molecule is CCC(C)C(NS(=O)(=O)c1ccc2ccccc2c1)C(=O)NC(CCO)C(C=O)c1ccccc1. The summed E-state index contributed by atoms with van der Waals surface area (Å²) in [5.41, 5.74) is 0.707. The summed E-state index contributed by atoms with van der Waals surface area (Å²) in [5, 5.41) is 14.1. The zero-order valence-electron chi connectivity index (χ0n) is 19.9. The van der Waals surface area contributed by atoms with Crippen LogP contribution in [0.4, 0.5) is 0 Å². The predicted octanol–water partition coefficient (Wildman–Crippen LogP) is 3.38. The maximum atomic E-state index is 13.4. The fourth-order valence-corrected chi connectivity index (χ4v) is 5.41. The maximum Gasteiger partial charge on any atom is 0.241 e. The minimum Gasteiger partial charge on any atom is -0.396 e. The smallest absolute Gasteiger partial charge is 0.241 e. The molecule has 0 radical (unpaired) electrons. The van der Waals surface area contributed by atoms with E-state index in [1.165, 1.54) is 6.07 Å². The molecule has 0 aliphatic heterocycles. The van der Waals surface area contributed by atoms with Crippen LogP contribution in [-0.2, 0) is 19.6 Å². The Morgan fingerprint density at radius 2 is 1.66 bits per heavy atom. The average molecular weight is 497 g/mol. The van der Waals surface area contributed by atoms with Crippen LogP contribution in [0.15, 0.2) is 77.7 Å². The molecule has 0 saturated heterocycles. The van der Waals surface area contributed by atoms with Crippen molar-refractivity contribution in [1.29, 1.82) is 0 Å². The summed E-state index contributed by atoms with van der Waals surface area (Å²) in [7, 11) is -4.01. The first-order valence-electron chi connectivity index (χ1n) is 11.7. The van der Waals surface area contributed by atoms with E-state index in [9.17, 15) is 23.1 Å². The largest absolute Gasteiger partial charge is 0.396 e. The first-order valence-corrected chi connectivity index (χ1v) is 13.2. The zero-order valence-corrected chi connectivity index (χ0v) is 20.7. The van der Waals surface area contributed by atoms with Crippen molar-refractivity contribution in [2.45, 2.75) is 49.6 Å². The van der Waals surface area contributed by atoms with Crippen LogP contribution in [-0.4, -0.2) is 44.4 Å². The summed E-state index contributed by atoms with van der Waals surface area (Å²) in [5.74, 6) is -1.53. The van der Waals surface area contributed by atoms with Crippen LogP contribution in [0.25, 0.3) is 10.8 Å². The normalized spacial score (nSPS) is 15.2. The van der Waals surface area contributed by atoms with Crippen LogP contribution < -0.4 is 10.0 Å².